The Morgan fingerprint density at radius 1 is 1.00 bits per heavy atom. The second kappa shape index (κ2) is 7.31. The Labute approximate surface area is 142 Å². The molecule has 3 aromatic rings. The Balaban J connectivity index is 2.04. The number of nitrogens with zero attached hydrogens (tertiary/aromatic N) is 3. The molecule has 0 amide bonds. The van der Waals surface area contributed by atoms with Crippen molar-refractivity contribution in [1.29, 1.82) is 0 Å². The van der Waals surface area contributed by atoms with Crippen LogP contribution in [0.2, 0.25) is 0 Å². The van der Waals surface area contributed by atoms with Gasteiger partial charge in [0.2, 0.25) is 4.80 Å². The van der Waals surface area contributed by atoms with E-state index in [2.05, 4.69) is 10.1 Å². The maximum atomic E-state index is 13.1. The van der Waals surface area contributed by atoms with Crippen molar-refractivity contribution in [3.8, 4) is 11.3 Å². The number of halogens is 2. The first kappa shape index (κ1) is 16.3. The highest BCUT2D eigenvalue weighted by atomic mass is 32.1. The number of hydrogen-bond donors (Lipinski definition) is 0. The van der Waals surface area contributed by atoms with Crippen LogP contribution in [0.3, 0.4) is 0 Å². The number of hydrogen-bond acceptors (Lipinski definition) is 3. The van der Waals surface area contributed by atoms with Crippen LogP contribution in [-0.4, -0.2) is 17.4 Å². The normalized spacial score (nSPS) is 12.2. The van der Waals surface area contributed by atoms with E-state index >= 15 is 0 Å². The van der Waals surface area contributed by atoms with Gasteiger partial charge in [-0.3, -0.25) is 4.99 Å². The van der Waals surface area contributed by atoms with Crippen LogP contribution in [0.25, 0.3) is 11.3 Å². The number of rotatable bonds is 4. The molecule has 0 aliphatic carbocycles. The topological polar surface area (TPSA) is 29.6 Å². The average molecular weight is 343 g/mol. The smallest absolute Gasteiger partial charge is 0.206 e. The average Bonchev–Trinajstić information content (AvgIpc) is 2.98. The van der Waals surface area contributed by atoms with Crippen LogP contribution < -0.4 is 4.80 Å². The van der Waals surface area contributed by atoms with Crippen molar-refractivity contribution >= 4 is 17.6 Å². The fourth-order valence-corrected chi connectivity index (χ4v) is 3.05. The van der Waals surface area contributed by atoms with Gasteiger partial charge in [-0.1, -0.05) is 12.1 Å². The van der Waals surface area contributed by atoms with Gasteiger partial charge in [-0.15, -0.1) is 11.3 Å². The third kappa shape index (κ3) is 3.65. The third-order valence-corrected chi connectivity index (χ3v) is 4.16. The van der Waals surface area contributed by atoms with E-state index in [1.165, 1.54) is 35.6 Å². The second-order valence-electron chi connectivity index (χ2n) is 4.99. The monoisotopic (exact) mass is 343 g/mol. The Bertz CT molecular complexity index is 907. The van der Waals surface area contributed by atoms with Gasteiger partial charge in [0.25, 0.3) is 0 Å². The first-order valence-corrected chi connectivity index (χ1v) is 8.32. The summed E-state index contributed by atoms with van der Waals surface area (Å²) in [6.07, 6.45) is 1.65. The molecule has 1 heterocycles. The SMILES string of the molecule is CCN=c1scc(-c2ccc(F)cc2)n1/N=C\c1ccc(F)cc1. The van der Waals surface area contributed by atoms with Crippen molar-refractivity contribution in [2.75, 3.05) is 6.54 Å². The van der Waals surface area contributed by atoms with Gasteiger partial charge in [-0.05, 0) is 48.9 Å². The number of benzene rings is 2. The molecule has 0 N–H and O–H groups in total. The molecule has 0 spiro atoms. The summed E-state index contributed by atoms with van der Waals surface area (Å²) in [5, 5.41) is 6.41. The molecular formula is C18H15F2N3S. The Morgan fingerprint density at radius 2 is 1.62 bits per heavy atom. The first-order chi connectivity index (χ1) is 11.7. The number of thiazole rings is 1. The molecule has 0 saturated carbocycles. The van der Waals surface area contributed by atoms with E-state index in [0.29, 0.717) is 6.54 Å². The van der Waals surface area contributed by atoms with E-state index < -0.39 is 0 Å². The number of aromatic nitrogens is 1. The molecule has 0 atom stereocenters. The van der Waals surface area contributed by atoms with Gasteiger partial charge in [0.15, 0.2) is 0 Å². The fourth-order valence-electron chi connectivity index (χ4n) is 2.15. The fraction of sp³-hybridized carbons (Fsp3) is 0.111. The quantitative estimate of drug-likeness (QED) is 0.632. The molecule has 0 bridgehead atoms. The van der Waals surface area contributed by atoms with Gasteiger partial charge >= 0.3 is 0 Å². The van der Waals surface area contributed by atoms with Crippen LogP contribution in [0, 0.1) is 11.6 Å². The van der Waals surface area contributed by atoms with Gasteiger partial charge in [-0.25, -0.2) is 13.5 Å². The lowest BCUT2D eigenvalue weighted by molar-refractivity contribution is 0.627. The van der Waals surface area contributed by atoms with E-state index in [1.807, 2.05) is 12.3 Å². The molecule has 0 fully saturated rings. The van der Waals surface area contributed by atoms with Gasteiger partial charge < -0.3 is 0 Å². The molecule has 1 aromatic heterocycles. The van der Waals surface area contributed by atoms with E-state index in [1.54, 1.807) is 35.2 Å². The molecule has 0 aliphatic rings. The predicted octanol–water partition coefficient (Wildman–Crippen LogP) is 4.30. The zero-order valence-electron chi connectivity index (χ0n) is 13.0. The molecule has 0 unspecified atom stereocenters. The first-order valence-electron chi connectivity index (χ1n) is 7.44. The van der Waals surface area contributed by atoms with Crippen molar-refractivity contribution in [2.45, 2.75) is 6.92 Å². The highest BCUT2D eigenvalue weighted by molar-refractivity contribution is 7.07. The zero-order chi connectivity index (χ0) is 16.9. The zero-order valence-corrected chi connectivity index (χ0v) is 13.8. The standard InChI is InChI=1S/C18H15F2N3S/c1-2-21-18-23(22-11-13-3-7-15(19)8-4-13)17(12-24-18)14-5-9-16(20)10-6-14/h3-12H,2H2,1H3/b21-18?,22-11-. The maximum Gasteiger partial charge on any atom is 0.206 e. The lowest BCUT2D eigenvalue weighted by Gasteiger charge is -2.03. The van der Waals surface area contributed by atoms with Gasteiger partial charge in [0, 0.05) is 17.5 Å². The Kier molecular flexibility index (Phi) is 4.96. The van der Waals surface area contributed by atoms with E-state index in [0.717, 1.165) is 21.6 Å². The van der Waals surface area contributed by atoms with E-state index in [9.17, 15) is 8.78 Å². The summed E-state index contributed by atoms with van der Waals surface area (Å²) < 4.78 is 27.9. The summed E-state index contributed by atoms with van der Waals surface area (Å²) in [5.41, 5.74) is 2.45. The van der Waals surface area contributed by atoms with Crippen LogP contribution in [0.4, 0.5) is 8.78 Å². The van der Waals surface area contributed by atoms with Crippen LogP contribution in [0.1, 0.15) is 12.5 Å². The molecule has 122 valence electrons. The van der Waals surface area contributed by atoms with Crippen molar-refractivity contribution in [3.05, 3.63) is 75.9 Å². The van der Waals surface area contributed by atoms with E-state index in [4.69, 9.17) is 0 Å². The summed E-state index contributed by atoms with van der Waals surface area (Å²) in [6, 6.07) is 12.3. The molecule has 6 heteroatoms. The molecule has 3 nitrogen and oxygen atoms in total. The largest absolute Gasteiger partial charge is 0.258 e. The van der Waals surface area contributed by atoms with Gasteiger partial charge in [-0.2, -0.15) is 5.10 Å². The molecule has 24 heavy (non-hydrogen) atoms. The molecule has 0 saturated heterocycles. The second-order valence-corrected chi connectivity index (χ2v) is 5.83. The van der Waals surface area contributed by atoms with Gasteiger partial charge in [0.05, 0.1) is 11.9 Å². The molecule has 3 rings (SSSR count). The lowest BCUT2D eigenvalue weighted by Crippen LogP contribution is -2.12. The minimum Gasteiger partial charge on any atom is -0.258 e. The summed E-state index contributed by atoms with van der Waals surface area (Å²) in [5.74, 6) is -0.571. The maximum absolute atomic E-state index is 13.1. The summed E-state index contributed by atoms with van der Waals surface area (Å²) in [7, 11) is 0. The highest BCUT2D eigenvalue weighted by Crippen LogP contribution is 2.20. The summed E-state index contributed by atoms with van der Waals surface area (Å²) >= 11 is 1.47. The molecular weight excluding hydrogens is 328 g/mol. The van der Waals surface area contributed by atoms with Crippen molar-refractivity contribution in [3.63, 3.8) is 0 Å². The Hall–Kier alpha value is -2.60. The van der Waals surface area contributed by atoms with Crippen LogP contribution >= 0.6 is 11.3 Å². The van der Waals surface area contributed by atoms with Crippen molar-refractivity contribution < 1.29 is 8.78 Å². The third-order valence-electron chi connectivity index (χ3n) is 3.31. The van der Waals surface area contributed by atoms with E-state index in [-0.39, 0.29) is 11.6 Å². The lowest BCUT2D eigenvalue weighted by atomic mass is 10.2. The highest BCUT2D eigenvalue weighted by Gasteiger charge is 2.07. The minimum absolute atomic E-state index is 0.284. The van der Waals surface area contributed by atoms with Crippen molar-refractivity contribution in [2.24, 2.45) is 10.1 Å². The summed E-state index contributed by atoms with van der Waals surface area (Å²) in [4.78, 5) is 5.18. The van der Waals surface area contributed by atoms with Crippen LogP contribution in [-0.2, 0) is 0 Å². The molecule has 2 aromatic carbocycles. The Morgan fingerprint density at radius 3 is 2.25 bits per heavy atom. The molecule has 0 aliphatic heterocycles. The predicted molar refractivity (Wildman–Crippen MR) is 93.2 cm³/mol. The minimum atomic E-state index is -0.288. The van der Waals surface area contributed by atoms with Crippen molar-refractivity contribution in [1.82, 2.24) is 4.68 Å². The van der Waals surface area contributed by atoms with Crippen LogP contribution in [0.15, 0.2) is 64.0 Å². The van der Waals surface area contributed by atoms with Gasteiger partial charge in [0.1, 0.15) is 11.6 Å². The summed E-state index contributed by atoms with van der Waals surface area (Å²) in [6.45, 7) is 2.58. The molecule has 0 radical (unpaired) electrons. The van der Waals surface area contributed by atoms with Crippen LogP contribution in [0.5, 0.6) is 0 Å².